The molecule has 0 radical (unpaired) electrons. The van der Waals surface area contributed by atoms with Gasteiger partial charge in [0.05, 0.1) is 12.3 Å². The van der Waals surface area contributed by atoms with Crippen LogP contribution in [0.5, 0.6) is 5.75 Å². The zero-order valence-corrected chi connectivity index (χ0v) is 28.8. The molecule has 1 amide bonds. The molecular weight excluding hydrogens is 642 g/mol. The summed E-state index contributed by atoms with van der Waals surface area (Å²) in [5.41, 5.74) is 2.05. The molecule has 0 spiro atoms. The second kappa shape index (κ2) is 19.6. The smallest absolute Gasteiger partial charge is 0.414 e. The van der Waals surface area contributed by atoms with Crippen molar-refractivity contribution >= 4 is 47.2 Å². The van der Waals surface area contributed by atoms with Gasteiger partial charge in [0.15, 0.2) is 0 Å². The first-order chi connectivity index (χ1) is 22.7. The van der Waals surface area contributed by atoms with E-state index in [9.17, 15) is 4.79 Å². The Kier molecular flexibility index (Phi) is 16.4. The Labute approximate surface area is 285 Å². The van der Waals surface area contributed by atoms with Crippen molar-refractivity contribution in [2.45, 2.75) is 67.1 Å². The maximum Gasteiger partial charge on any atom is 0.414 e. The van der Waals surface area contributed by atoms with Crippen LogP contribution in [-0.2, 0) is 28.7 Å². The first-order valence-corrected chi connectivity index (χ1v) is 16.6. The first kappa shape index (κ1) is 40.0. The van der Waals surface area contributed by atoms with Gasteiger partial charge in [0, 0.05) is 24.5 Å². The predicted molar refractivity (Wildman–Crippen MR) is 182 cm³/mol. The minimum absolute atomic E-state index is 0.157. The van der Waals surface area contributed by atoms with Crippen LogP contribution in [0.15, 0.2) is 53.4 Å². The lowest BCUT2D eigenvalue weighted by atomic mass is 9.90. The number of hydrogen-bond donors (Lipinski definition) is 4. The third kappa shape index (κ3) is 12.1. The van der Waals surface area contributed by atoms with E-state index in [4.69, 9.17) is 44.3 Å². The number of fused-ring (bicyclic) bond motifs is 1. The average Bonchev–Trinajstić information content (AvgIpc) is 3.06. The molecule has 4 rings (SSSR count). The molecule has 1 saturated carbocycles. The molecule has 14 heteroatoms. The second-order valence-electron chi connectivity index (χ2n) is 11.9. The van der Waals surface area contributed by atoms with Crippen molar-refractivity contribution in [1.82, 2.24) is 9.80 Å². The number of carboxylic acids is 4. The molecular formula is C34H47N3O10S. The molecule has 1 atom stereocenters. The van der Waals surface area contributed by atoms with Crippen LogP contribution in [-0.4, -0.2) is 114 Å². The lowest BCUT2D eigenvalue weighted by molar-refractivity contribution is -0.159. The van der Waals surface area contributed by atoms with E-state index < -0.39 is 28.6 Å². The Bertz CT molecular complexity index is 1330. The third-order valence-corrected chi connectivity index (χ3v) is 9.63. The Morgan fingerprint density at radius 2 is 1.40 bits per heavy atom. The highest BCUT2D eigenvalue weighted by Crippen LogP contribution is 2.53. The number of carbonyl (C=O) groups is 5. The number of hydrogen-bond acceptors (Lipinski definition) is 9. The summed E-state index contributed by atoms with van der Waals surface area (Å²) >= 11 is 1.71. The minimum Gasteiger partial charge on any atom is -0.494 e. The Hall–Kier alpha value is -4.14. The Morgan fingerprint density at radius 3 is 1.94 bits per heavy atom. The topological polar surface area (TPSA) is 185 Å². The van der Waals surface area contributed by atoms with Gasteiger partial charge in [-0.3, -0.25) is 4.79 Å². The molecule has 2 aliphatic rings. The molecule has 0 aromatic heterocycles. The molecule has 2 aromatic carbocycles. The minimum atomic E-state index is -1.82. The van der Waals surface area contributed by atoms with Gasteiger partial charge in [-0.15, -0.1) is 11.8 Å². The fourth-order valence-electron chi connectivity index (χ4n) is 5.59. The van der Waals surface area contributed by atoms with Crippen LogP contribution in [0.4, 0.5) is 5.69 Å². The number of carboxylic acid groups (broad SMARTS) is 4. The number of ether oxygens (including phenoxy) is 1. The maximum absolute atomic E-state index is 13.8. The summed E-state index contributed by atoms with van der Waals surface area (Å²) < 4.78 is 5.48. The number of thioether (sulfide) groups is 1. The van der Waals surface area contributed by atoms with Gasteiger partial charge in [0.2, 0.25) is 5.91 Å². The molecule has 0 bridgehead atoms. The SMILES string of the molecule is CN(C)CCCC1(c2ccc(OCCCN(C)C3CCCCC3)cc2)Sc2ccccc2N(C)C1=O.O=C(O)C(=O)O.O=C(O)C(=O)O. The van der Waals surface area contributed by atoms with Crippen LogP contribution in [0, 0.1) is 0 Å². The van der Waals surface area contributed by atoms with E-state index in [0.717, 1.165) is 60.3 Å². The summed E-state index contributed by atoms with van der Waals surface area (Å²) in [7, 11) is 8.34. The quantitative estimate of drug-likeness (QED) is 0.193. The van der Waals surface area contributed by atoms with E-state index in [0.29, 0.717) is 6.61 Å². The fraction of sp³-hybridized carbons (Fsp3) is 0.500. The van der Waals surface area contributed by atoms with Gasteiger partial charge >= 0.3 is 23.9 Å². The average molecular weight is 690 g/mol. The van der Waals surface area contributed by atoms with Crippen molar-refractivity contribution in [1.29, 1.82) is 0 Å². The van der Waals surface area contributed by atoms with Crippen LogP contribution >= 0.6 is 11.8 Å². The van der Waals surface area contributed by atoms with E-state index >= 15 is 0 Å². The standard InChI is InChI=1S/C30H43N3O2S.2C2H2O4/c1-31(2)21-10-20-30(29(34)33(4)27-14-8-9-15-28(27)36-30)24-16-18-26(19-17-24)35-23-11-22-32(3)25-12-6-5-7-13-25;2*3-1(4)2(5)6/h8-9,14-19,25H,5-7,10-13,20-23H2,1-4H3;2*(H,3,4)(H,5,6). The number of para-hydroxylation sites is 1. The van der Waals surface area contributed by atoms with E-state index in [2.05, 4.69) is 55.2 Å². The number of nitrogens with zero attached hydrogens (tertiary/aromatic N) is 3. The number of likely N-dealkylation sites (N-methyl/N-ethyl adjacent to an activating group) is 1. The summed E-state index contributed by atoms with van der Waals surface area (Å²) in [5.74, 6) is -6.26. The van der Waals surface area contributed by atoms with Gasteiger partial charge in [0.1, 0.15) is 10.5 Å². The molecule has 1 aliphatic carbocycles. The van der Waals surface area contributed by atoms with E-state index in [1.54, 1.807) is 11.8 Å². The van der Waals surface area contributed by atoms with Gasteiger partial charge < -0.3 is 39.9 Å². The summed E-state index contributed by atoms with van der Waals surface area (Å²) in [6.07, 6.45) is 9.59. The Morgan fingerprint density at radius 1 is 0.833 bits per heavy atom. The molecule has 1 heterocycles. The van der Waals surface area contributed by atoms with Crippen molar-refractivity contribution < 1.29 is 49.1 Å². The monoisotopic (exact) mass is 689 g/mol. The van der Waals surface area contributed by atoms with Crippen LogP contribution < -0.4 is 9.64 Å². The lowest BCUT2D eigenvalue weighted by Gasteiger charge is -2.41. The Balaban J connectivity index is 0.000000570. The third-order valence-electron chi connectivity index (χ3n) is 8.10. The largest absolute Gasteiger partial charge is 0.494 e. The van der Waals surface area contributed by atoms with Crippen LogP contribution in [0.25, 0.3) is 0 Å². The molecule has 4 N–H and O–H groups in total. The van der Waals surface area contributed by atoms with Crippen LogP contribution in [0.1, 0.15) is 56.9 Å². The number of aliphatic carboxylic acids is 4. The highest BCUT2D eigenvalue weighted by molar-refractivity contribution is 8.01. The van der Waals surface area contributed by atoms with Gasteiger partial charge in [-0.05, 0) is 89.6 Å². The number of amides is 1. The van der Waals surface area contributed by atoms with Crippen molar-refractivity contribution in [2.24, 2.45) is 0 Å². The molecule has 13 nitrogen and oxygen atoms in total. The van der Waals surface area contributed by atoms with Gasteiger partial charge in [0.25, 0.3) is 0 Å². The normalized spacial score (nSPS) is 17.4. The van der Waals surface area contributed by atoms with Gasteiger partial charge in [-0.25, -0.2) is 19.2 Å². The van der Waals surface area contributed by atoms with E-state index in [-0.39, 0.29) is 5.91 Å². The van der Waals surface area contributed by atoms with Gasteiger partial charge in [-0.1, -0.05) is 43.5 Å². The summed E-state index contributed by atoms with van der Waals surface area (Å²) in [6.45, 7) is 2.75. The summed E-state index contributed by atoms with van der Waals surface area (Å²) in [5, 5.41) is 29.6. The summed E-state index contributed by atoms with van der Waals surface area (Å²) in [6, 6.07) is 17.3. The van der Waals surface area contributed by atoms with Crippen molar-refractivity contribution in [3.05, 3.63) is 54.1 Å². The number of anilines is 1. The van der Waals surface area contributed by atoms with Gasteiger partial charge in [-0.2, -0.15) is 0 Å². The lowest BCUT2D eigenvalue weighted by Crippen LogP contribution is -2.46. The summed E-state index contributed by atoms with van der Waals surface area (Å²) in [4.78, 5) is 57.9. The highest BCUT2D eigenvalue weighted by Gasteiger charge is 2.47. The molecule has 264 valence electrons. The molecule has 1 aliphatic heterocycles. The van der Waals surface area contributed by atoms with Crippen LogP contribution in [0.2, 0.25) is 0 Å². The van der Waals surface area contributed by atoms with E-state index in [1.807, 2.05) is 36.2 Å². The number of rotatable bonds is 11. The molecule has 1 unspecified atom stereocenters. The maximum atomic E-state index is 13.8. The van der Waals surface area contributed by atoms with Crippen LogP contribution in [0.3, 0.4) is 0 Å². The highest BCUT2D eigenvalue weighted by atomic mass is 32.2. The molecule has 0 saturated heterocycles. The first-order valence-electron chi connectivity index (χ1n) is 15.8. The molecule has 1 fully saturated rings. The second-order valence-corrected chi connectivity index (χ2v) is 13.2. The van der Waals surface area contributed by atoms with E-state index in [1.165, 1.54) is 32.1 Å². The number of carbonyl (C=O) groups excluding carboxylic acids is 1. The molecule has 48 heavy (non-hydrogen) atoms. The predicted octanol–water partition coefficient (Wildman–Crippen LogP) is 4.34. The fourth-order valence-corrected chi connectivity index (χ4v) is 7.15. The van der Waals surface area contributed by atoms with Crippen molar-refractivity contribution in [2.75, 3.05) is 52.8 Å². The zero-order valence-electron chi connectivity index (χ0n) is 28.0. The number of benzene rings is 2. The van der Waals surface area contributed by atoms with Crippen molar-refractivity contribution in [3.8, 4) is 5.75 Å². The zero-order chi connectivity index (χ0) is 35.9. The molecule has 2 aromatic rings. The van der Waals surface area contributed by atoms with Crippen molar-refractivity contribution in [3.63, 3.8) is 0 Å².